The van der Waals surface area contributed by atoms with Crippen LogP contribution in [0, 0.1) is 0 Å². The van der Waals surface area contributed by atoms with Crippen molar-refractivity contribution in [3.05, 3.63) is 23.8 Å². The average Bonchev–Trinajstić information content (AvgIpc) is 2.44. The molecule has 0 aliphatic carbocycles. The Labute approximate surface area is 130 Å². The van der Waals surface area contributed by atoms with Crippen molar-refractivity contribution < 1.29 is 24.2 Å². The summed E-state index contributed by atoms with van der Waals surface area (Å²) in [5.41, 5.74) is 0.483. The first-order chi connectivity index (χ1) is 10.4. The van der Waals surface area contributed by atoms with Crippen molar-refractivity contribution in [2.75, 3.05) is 19.0 Å². The number of hydrogen-bond donors (Lipinski definition) is 2. The molecule has 22 heavy (non-hydrogen) atoms. The van der Waals surface area contributed by atoms with Crippen LogP contribution in [-0.2, 0) is 9.53 Å². The molecule has 0 saturated heterocycles. The van der Waals surface area contributed by atoms with E-state index in [9.17, 15) is 9.59 Å². The molecule has 0 aromatic heterocycles. The third-order valence-corrected chi connectivity index (χ3v) is 2.87. The average molecular weight is 309 g/mol. The monoisotopic (exact) mass is 309 g/mol. The van der Waals surface area contributed by atoms with E-state index in [4.69, 9.17) is 14.6 Å². The molecule has 1 aromatic rings. The van der Waals surface area contributed by atoms with Gasteiger partial charge in [0.15, 0.2) is 0 Å². The molecule has 6 nitrogen and oxygen atoms in total. The summed E-state index contributed by atoms with van der Waals surface area (Å²) in [6.07, 6.45) is 1.78. The molecule has 0 fully saturated rings. The molecule has 122 valence electrons. The number of carboxylic acid groups (broad SMARTS) is 1. The summed E-state index contributed by atoms with van der Waals surface area (Å²) in [4.78, 5) is 23.0. The molecule has 2 N–H and O–H groups in total. The molecule has 1 aromatic carbocycles. The van der Waals surface area contributed by atoms with Gasteiger partial charge in [0.25, 0.3) is 0 Å². The van der Waals surface area contributed by atoms with Gasteiger partial charge in [0.05, 0.1) is 17.4 Å². The van der Waals surface area contributed by atoms with Crippen molar-refractivity contribution in [3.8, 4) is 5.75 Å². The number of rotatable bonds is 9. The number of carbonyl (C=O) groups is 2. The minimum Gasteiger partial charge on any atom is -0.489 e. The van der Waals surface area contributed by atoms with Gasteiger partial charge in [-0.05, 0) is 44.9 Å². The molecule has 0 spiro atoms. The highest BCUT2D eigenvalue weighted by atomic mass is 16.5. The summed E-state index contributed by atoms with van der Waals surface area (Å²) in [7, 11) is 1.62. The van der Waals surface area contributed by atoms with Gasteiger partial charge in [0.1, 0.15) is 5.75 Å². The Bertz CT molecular complexity index is 513. The number of nitrogens with one attached hydrogen (secondary N) is 1. The first-order valence-corrected chi connectivity index (χ1v) is 7.26. The van der Waals surface area contributed by atoms with E-state index in [1.807, 2.05) is 13.8 Å². The van der Waals surface area contributed by atoms with Crippen LogP contribution in [0.3, 0.4) is 0 Å². The molecule has 0 atom stereocenters. The van der Waals surface area contributed by atoms with Gasteiger partial charge in [-0.25, -0.2) is 4.79 Å². The second kappa shape index (κ2) is 9.04. The zero-order valence-corrected chi connectivity index (χ0v) is 13.2. The van der Waals surface area contributed by atoms with Crippen LogP contribution in [0.1, 0.15) is 43.5 Å². The maximum Gasteiger partial charge on any atom is 0.335 e. The lowest BCUT2D eigenvalue weighted by Gasteiger charge is -2.15. The van der Waals surface area contributed by atoms with Gasteiger partial charge < -0.3 is 19.9 Å². The summed E-state index contributed by atoms with van der Waals surface area (Å²) in [5.74, 6) is -0.760. The molecule has 0 heterocycles. The molecular weight excluding hydrogens is 286 g/mol. The highest BCUT2D eigenvalue weighted by Crippen LogP contribution is 2.27. The Kier molecular flexibility index (Phi) is 7.39. The molecule has 0 aliphatic heterocycles. The summed E-state index contributed by atoms with van der Waals surface area (Å²) >= 11 is 0. The molecule has 1 rings (SSSR count). The van der Waals surface area contributed by atoms with E-state index in [0.717, 1.165) is 6.42 Å². The molecule has 6 heteroatoms. The van der Waals surface area contributed by atoms with E-state index < -0.39 is 5.97 Å². The lowest BCUT2D eigenvalue weighted by Crippen LogP contribution is -2.15. The van der Waals surface area contributed by atoms with Crippen molar-refractivity contribution in [2.24, 2.45) is 0 Å². The number of hydrogen-bond acceptors (Lipinski definition) is 4. The SMILES string of the molecule is COCCCCC(=O)Nc1cc(C(=O)O)ccc1OC(C)C. The Hall–Kier alpha value is -2.08. The number of unbranched alkanes of at least 4 members (excludes halogenated alkanes) is 1. The third kappa shape index (κ3) is 6.13. The molecule has 0 bridgehead atoms. The number of amides is 1. The fourth-order valence-electron chi connectivity index (χ4n) is 1.86. The molecular formula is C16H23NO5. The van der Waals surface area contributed by atoms with Crippen molar-refractivity contribution in [2.45, 2.75) is 39.2 Å². The van der Waals surface area contributed by atoms with E-state index in [-0.39, 0.29) is 17.6 Å². The van der Waals surface area contributed by atoms with Gasteiger partial charge in [-0.15, -0.1) is 0 Å². The van der Waals surface area contributed by atoms with Crippen molar-refractivity contribution >= 4 is 17.6 Å². The number of carbonyl (C=O) groups excluding carboxylic acids is 1. The molecule has 0 radical (unpaired) electrons. The molecule has 0 saturated carbocycles. The second-order valence-corrected chi connectivity index (χ2v) is 5.18. The fourth-order valence-corrected chi connectivity index (χ4v) is 1.86. The summed E-state index contributed by atoms with van der Waals surface area (Å²) in [5, 5.41) is 11.8. The maximum absolute atomic E-state index is 11.9. The van der Waals surface area contributed by atoms with E-state index in [0.29, 0.717) is 30.9 Å². The van der Waals surface area contributed by atoms with Crippen molar-refractivity contribution in [1.29, 1.82) is 0 Å². The maximum atomic E-state index is 11.9. The summed E-state index contributed by atoms with van der Waals surface area (Å²) in [6, 6.07) is 4.42. The Morgan fingerprint density at radius 3 is 2.59 bits per heavy atom. The number of anilines is 1. The zero-order chi connectivity index (χ0) is 16.5. The number of ether oxygens (including phenoxy) is 2. The van der Waals surface area contributed by atoms with Crippen LogP contribution in [0.5, 0.6) is 5.75 Å². The molecule has 0 unspecified atom stereocenters. The summed E-state index contributed by atoms with van der Waals surface area (Å²) < 4.78 is 10.5. The number of aromatic carboxylic acids is 1. The van der Waals surface area contributed by atoms with Gasteiger partial charge in [0, 0.05) is 20.1 Å². The van der Waals surface area contributed by atoms with Crippen LogP contribution in [0.25, 0.3) is 0 Å². The van der Waals surface area contributed by atoms with Gasteiger partial charge in [-0.1, -0.05) is 0 Å². The number of benzene rings is 1. The van der Waals surface area contributed by atoms with Crippen LogP contribution >= 0.6 is 0 Å². The summed E-state index contributed by atoms with van der Waals surface area (Å²) in [6.45, 7) is 4.34. The minimum absolute atomic E-state index is 0.0759. The van der Waals surface area contributed by atoms with E-state index in [1.54, 1.807) is 13.2 Å². The van der Waals surface area contributed by atoms with Gasteiger partial charge in [0.2, 0.25) is 5.91 Å². The zero-order valence-electron chi connectivity index (χ0n) is 13.2. The van der Waals surface area contributed by atoms with E-state index in [2.05, 4.69) is 5.32 Å². The highest BCUT2D eigenvalue weighted by Gasteiger charge is 2.13. The quantitative estimate of drug-likeness (QED) is 0.685. The van der Waals surface area contributed by atoms with Crippen LogP contribution in [0.15, 0.2) is 18.2 Å². The lowest BCUT2D eigenvalue weighted by molar-refractivity contribution is -0.116. The fraction of sp³-hybridized carbons (Fsp3) is 0.500. The van der Waals surface area contributed by atoms with Crippen molar-refractivity contribution in [3.63, 3.8) is 0 Å². The number of methoxy groups -OCH3 is 1. The van der Waals surface area contributed by atoms with Crippen LogP contribution in [0.4, 0.5) is 5.69 Å². The van der Waals surface area contributed by atoms with Crippen LogP contribution in [-0.4, -0.2) is 36.8 Å². The molecule has 0 aliphatic rings. The Balaban J connectivity index is 2.78. The first-order valence-electron chi connectivity index (χ1n) is 7.26. The Morgan fingerprint density at radius 1 is 1.27 bits per heavy atom. The lowest BCUT2D eigenvalue weighted by atomic mass is 10.1. The van der Waals surface area contributed by atoms with Gasteiger partial charge in [-0.2, -0.15) is 0 Å². The van der Waals surface area contributed by atoms with Gasteiger partial charge >= 0.3 is 5.97 Å². The number of carboxylic acids is 1. The van der Waals surface area contributed by atoms with E-state index >= 15 is 0 Å². The second-order valence-electron chi connectivity index (χ2n) is 5.18. The minimum atomic E-state index is -1.05. The molecule has 1 amide bonds. The topological polar surface area (TPSA) is 84.9 Å². The normalized spacial score (nSPS) is 10.5. The highest BCUT2D eigenvalue weighted by molar-refractivity contribution is 5.95. The van der Waals surface area contributed by atoms with E-state index in [1.165, 1.54) is 12.1 Å². The van der Waals surface area contributed by atoms with Gasteiger partial charge in [-0.3, -0.25) is 4.79 Å². The predicted molar refractivity (Wildman–Crippen MR) is 83.5 cm³/mol. The standard InChI is InChI=1S/C16H23NO5/c1-11(2)22-14-8-7-12(16(19)20)10-13(14)17-15(18)6-4-5-9-21-3/h7-8,10-11H,4-6,9H2,1-3H3,(H,17,18)(H,19,20). The third-order valence-electron chi connectivity index (χ3n) is 2.87. The first kappa shape index (κ1) is 18.0. The van der Waals surface area contributed by atoms with Crippen LogP contribution < -0.4 is 10.1 Å². The largest absolute Gasteiger partial charge is 0.489 e. The predicted octanol–water partition coefficient (Wildman–Crippen LogP) is 2.93. The van der Waals surface area contributed by atoms with Crippen molar-refractivity contribution in [1.82, 2.24) is 0 Å². The van der Waals surface area contributed by atoms with Crippen LogP contribution in [0.2, 0.25) is 0 Å². The Morgan fingerprint density at radius 2 is 2.00 bits per heavy atom. The smallest absolute Gasteiger partial charge is 0.335 e.